The fourth-order valence-corrected chi connectivity index (χ4v) is 2.25. The fraction of sp³-hybridized carbons (Fsp3) is 0.294. The van der Waals surface area contributed by atoms with E-state index in [0.717, 1.165) is 5.76 Å². The van der Waals surface area contributed by atoms with Crippen molar-refractivity contribution in [2.45, 2.75) is 13.5 Å². The van der Waals surface area contributed by atoms with E-state index in [4.69, 9.17) is 9.15 Å². The number of rotatable bonds is 7. The molecule has 0 bridgehead atoms. The van der Waals surface area contributed by atoms with E-state index in [-0.39, 0.29) is 18.4 Å². The van der Waals surface area contributed by atoms with Gasteiger partial charge in [-0.25, -0.2) is 0 Å². The van der Waals surface area contributed by atoms with Crippen molar-refractivity contribution in [2.75, 3.05) is 31.3 Å². The van der Waals surface area contributed by atoms with Gasteiger partial charge in [-0.1, -0.05) is 0 Å². The highest BCUT2D eigenvalue weighted by Crippen LogP contribution is 2.27. The molecule has 1 aromatic carbocycles. The van der Waals surface area contributed by atoms with Crippen LogP contribution in [0.3, 0.4) is 0 Å². The van der Waals surface area contributed by atoms with Crippen molar-refractivity contribution in [3.8, 4) is 5.75 Å². The van der Waals surface area contributed by atoms with E-state index in [0.29, 0.717) is 23.7 Å². The number of amides is 2. The van der Waals surface area contributed by atoms with Crippen molar-refractivity contribution in [1.82, 2.24) is 4.90 Å². The molecule has 7 heteroatoms. The Morgan fingerprint density at radius 2 is 2.04 bits per heavy atom. The van der Waals surface area contributed by atoms with Crippen LogP contribution in [-0.2, 0) is 16.1 Å². The van der Waals surface area contributed by atoms with E-state index in [1.54, 1.807) is 24.5 Å². The molecule has 1 heterocycles. The number of benzene rings is 1. The molecule has 2 rings (SSSR count). The Kier molecular flexibility index (Phi) is 5.97. The Labute approximate surface area is 140 Å². The molecule has 0 atom stereocenters. The van der Waals surface area contributed by atoms with Crippen LogP contribution in [0.15, 0.2) is 41.0 Å². The summed E-state index contributed by atoms with van der Waals surface area (Å²) in [5.41, 5.74) is 1.09. The third-order valence-corrected chi connectivity index (χ3v) is 3.21. The predicted molar refractivity (Wildman–Crippen MR) is 91.0 cm³/mol. The van der Waals surface area contributed by atoms with Crippen LogP contribution in [0, 0.1) is 0 Å². The van der Waals surface area contributed by atoms with Gasteiger partial charge < -0.3 is 19.8 Å². The molecule has 0 radical (unpaired) electrons. The van der Waals surface area contributed by atoms with Gasteiger partial charge in [-0.05, 0) is 37.4 Å². The van der Waals surface area contributed by atoms with Crippen molar-refractivity contribution in [3.05, 3.63) is 42.4 Å². The van der Waals surface area contributed by atoms with Crippen molar-refractivity contribution in [2.24, 2.45) is 0 Å². The number of nitrogens with zero attached hydrogens (tertiary/aromatic N) is 1. The van der Waals surface area contributed by atoms with E-state index in [2.05, 4.69) is 10.6 Å². The number of furan rings is 1. The van der Waals surface area contributed by atoms with Gasteiger partial charge in [0, 0.05) is 12.6 Å². The molecule has 0 fully saturated rings. The van der Waals surface area contributed by atoms with Crippen molar-refractivity contribution < 1.29 is 18.7 Å². The third kappa shape index (κ3) is 5.13. The molecular formula is C17H21N3O4. The largest absolute Gasteiger partial charge is 0.495 e. The van der Waals surface area contributed by atoms with Crippen LogP contribution < -0.4 is 15.4 Å². The molecule has 0 saturated carbocycles. The molecule has 0 aliphatic rings. The van der Waals surface area contributed by atoms with Gasteiger partial charge in [0.1, 0.15) is 11.5 Å². The summed E-state index contributed by atoms with van der Waals surface area (Å²) in [6.07, 6.45) is 1.60. The molecule has 2 N–H and O–H groups in total. The SMILES string of the molecule is COc1ccc(NC(C)=O)cc1NC(=O)CN(C)Cc1ccco1. The highest BCUT2D eigenvalue weighted by atomic mass is 16.5. The standard InChI is InChI=1S/C17H21N3O4/c1-12(21)18-13-6-7-16(23-3)15(9-13)19-17(22)11-20(2)10-14-5-4-8-24-14/h4-9H,10-11H2,1-3H3,(H,18,21)(H,19,22). The topological polar surface area (TPSA) is 83.8 Å². The zero-order chi connectivity index (χ0) is 17.5. The van der Waals surface area contributed by atoms with E-state index < -0.39 is 0 Å². The molecule has 1 aromatic heterocycles. The summed E-state index contributed by atoms with van der Waals surface area (Å²) in [7, 11) is 3.35. The summed E-state index contributed by atoms with van der Waals surface area (Å²) in [6, 6.07) is 8.72. The van der Waals surface area contributed by atoms with Crippen LogP contribution in [0.25, 0.3) is 0 Å². The van der Waals surface area contributed by atoms with E-state index >= 15 is 0 Å². The highest BCUT2D eigenvalue weighted by molar-refractivity contribution is 5.95. The number of nitrogens with one attached hydrogen (secondary N) is 2. The van der Waals surface area contributed by atoms with Crippen LogP contribution in [-0.4, -0.2) is 37.4 Å². The van der Waals surface area contributed by atoms with Gasteiger partial charge in [0.2, 0.25) is 11.8 Å². The summed E-state index contributed by atoms with van der Waals surface area (Å²) in [6.45, 7) is 2.14. The Morgan fingerprint density at radius 1 is 1.25 bits per heavy atom. The predicted octanol–water partition coefficient (Wildman–Crippen LogP) is 2.32. The second-order valence-corrected chi connectivity index (χ2v) is 5.40. The molecule has 24 heavy (non-hydrogen) atoms. The maximum Gasteiger partial charge on any atom is 0.238 e. The number of hydrogen-bond acceptors (Lipinski definition) is 5. The summed E-state index contributed by atoms with van der Waals surface area (Å²) in [4.78, 5) is 25.2. The Hall–Kier alpha value is -2.80. The lowest BCUT2D eigenvalue weighted by molar-refractivity contribution is -0.117. The van der Waals surface area contributed by atoms with Gasteiger partial charge in [0.15, 0.2) is 0 Å². The summed E-state index contributed by atoms with van der Waals surface area (Å²) in [5.74, 6) is 0.930. The minimum atomic E-state index is -0.192. The first kappa shape index (κ1) is 17.6. The zero-order valence-corrected chi connectivity index (χ0v) is 14.0. The second kappa shape index (κ2) is 8.16. The summed E-state index contributed by atoms with van der Waals surface area (Å²) < 4.78 is 10.5. The maximum atomic E-state index is 12.2. The third-order valence-electron chi connectivity index (χ3n) is 3.21. The summed E-state index contributed by atoms with van der Waals surface area (Å²) in [5, 5.41) is 5.47. The minimum Gasteiger partial charge on any atom is -0.495 e. The van der Waals surface area contributed by atoms with Gasteiger partial charge in [0.05, 0.1) is 32.1 Å². The van der Waals surface area contributed by atoms with Crippen LogP contribution in [0.1, 0.15) is 12.7 Å². The van der Waals surface area contributed by atoms with Crippen molar-refractivity contribution in [1.29, 1.82) is 0 Å². The quantitative estimate of drug-likeness (QED) is 0.813. The van der Waals surface area contributed by atoms with Gasteiger partial charge in [-0.2, -0.15) is 0 Å². The molecule has 0 aliphatic carbocycles. The Bertz CT molecular complexity index is 698. The number of carbonyl (C=O) groups excluding carboxylic acids is 2. The average Bonchev–Trinajstić information content (AvgIpc) is 2.99. The van der Waals surface area contributed by atoms with Crippen molar-refractivity contribution in [3.63, 3.8) is 0 Å². The van der Waals surface area contributed by atoms with E-state index in [1.807, 2.05) is 24.1 Å². The van der Waals surface area contributed by atoms with E-state index in [1.165, 1.54) is 14.0 Å². The number of carbonyl (C=O) groups is 2. The molecule has 0 saturated heterocycles. The number of anilines is 2. The fourth-order valence-electron chi connectivity index (χ4n) is 2.25. The average molecular weight is 331 g/mol. The molecule has 0 spiro atoms. The Balaban J connectivity index is 2.00. The number of likely N-dealkylation sites (N-methyl/N-ethyl adjacent to an activating group) is 1. The van der Waals surface area contributed by atoms with Gasteiger partial charge in [-0.3, -0.25) is 14.5 Å². The molecule has 0 aliphatic heterocycles. The lowest BCUT2D eigenvalue weighted by atomic mass is 10.2. The van der Waals surface area contributed by atoms with Crippen LogP contribution in [0.2, 0.25) is 0 Å². The second-order valence-electron chi connectivity index (χ2n) is 5.40. The molecule has 128 valence electrons. The molecule has 2 amide bonds. The number of ether oxygens (including phenoxy) is 1. The van der Waals surface area contributed by atoms with Crippen LogP contribution in [0.4, 0.5) is 11.4 Å². The van der Waals surface area contributed by atoms with Gasteiger partial charge in [-0.15, -0.1) is 0 Å². The van der Waals surface area contributed by atoms with Gasteiger partial charge >= 0.3 is 0 Å². The Morgan fingerprint density at radius 3 is 2.67 bits per heavy atom. The normalized spacial score (nSPS) is 10.5. The lowest BCUT2D eigenvalue weighted by Gasteiger charge is -2.16. The maximum absolute atomic E-state index is 12.2. The molecular weight excluding hydrogens is 310 g/mol. The summed E-state index contributed by atoms with van der Waals surface area (Å²) >= 11 is 0. The molecule has 7 nitrogen and oxygen atoms in total. The van der Waals surface area contributed by atoms with Crippen molar-refractivity contribution >= 4 is 23.2 Å². The lowest BCUT2D eigenvalue weighted by Crippen LogP contribution is -2.29. The smallest absolute Gasteiger partial charge is 0.238 e. The molecule has 2 aromatic rings. The van der Waals surface area contributed by atoms with Gasteiger partial charge in [0.25, 0.3) is 0 Å². The zero-order valence-electron chi connectivity index (χ0n) is 14.0. The first-order valence-corrected chi connectivity index (χ1v) is 7.44. The van der Waals surface area contributed by atoms with Crippen LogP contribution in [0.5, 0.6) is 5.75 Å². The number of hydrogen-bond donors (Lipinski definition) is 2. The minimum absolute atomic E-state index is 0.185. The first-order valence-electron chi connectivity index (χ1n) is 7.44. The highest BCUT2D eigenvalue weighted by Gasteiger charge is 2.12. The first-order chi connectivity index (χ1) is 11.5. The van der Waals surface area contributed by atoms with E-state index in [9.17, 15) is 9.59 Å². The van der Waals surface area contributed by atoms with Crippen LogP contribution >= 0.6 is 0 Å². The monoisotopic (exact) mass is 331 g/mol. The molecule has 0 unspecified atom stereocenters. The number of methoxy groups -OCH3 is 1.